The topological polar surface area (TPSA) is 61.6 Å². The van der Waals surface area contributed by atoms with Gasteiger partial charge in [-0.3, -0.25) is 9.69 Å². The summed E-state index contributed by atoms with van der Waals surface area (Å²) < 4.78 is 1.11. The van der Waals surface area contributed by atoms with Gasteiger partial charge in [-0.05, 0) is 47.8 Å². The second-order valence-corrected chi connectivity index (χ2v) is 6.43. The summed E-state index contributed by atoms with van der Waals surface area (Å²) in [6.07, 6.45) is 0. The van der Waals surface area contributed by atoms with Gasteiger partial charge in [0, 0.05) is 41.5 Å². The molecule has 0 spiro atoms. The fourth-order valence-corrected chi connectivity index (χ4v) is 2.97. The number of carbonyl (C=O) groups excluding carboxylic acids is 1. The number of benzene rings is 1. The minimum atomic E-state index is 0.0232. The second kappa shape index (κ2) is 7.35. The number of hydrogen-bond donors (Lipinski definition) is 2. The molecule has 1 aliphatic heterocycles. The standard InChI is InChI=1S/C14H21IN4O/c1-18-5-6-19(13(8-16)9-18)10-14(20)17-12-4-2-3-11(15)7-12/h2-4,7,13H,5-6,8-10,16H2,1H3,(H,17,20). The normalized spacial score (nSPS) is 20.9. The van der Waals surface area contributed by atoms with E-state index in [1.807, 2.05) is 24.3 Å². The van der Waals surface area contributed by atoms with Gasteiger partial charge in [0.1, 0.15) is 0 Å². The van der Waals surface area contributed by atoms with Crippen molar-refractivity contribution in [2.75, 3.05) is 45.1 Å². The highest BCUT2D eigenvalue weighted by Crippen LogP contribution is 2.13. The minimum Gasteiger partial charge on any atom is -0.329 e. The molecule has 0 saturated carbocycles. The number of anilines is 1. The van der Waals surface area contributed by atoms with Crippen molar-refractivity contribution in [1.29, 1.82) is 0 Å². The second-order valence-electron chi connectivity index (χ2n) is 5.18. The fourth-order valence-electron chi connectivity index (χ4n) is 2.43. The number of carbonyl (C=O) groups is 1. The van der Waals surface area contributed by atoms with Gasteiger partial charge in [-0.1, -0.05) is 6.07 Å². The van der Waals surface area contributed by atoms with E-state index in [1.165, 1.54) is 0 Å². The van der Waals surface area contributed by atoms with Gasteiger partial charge < -0.3 is 16.0 Å². The number of nitrogens with two attached hydrogens (primary N) is 1. The molecule has 3 N–H and O–H groups in total. The number of likely N-dealkylation sites (N-methyl/N-ethyl adjacent to an activating group) is 1. The fraction of sp³-hybridized carbons (Fsp3) is 0.500. The Balaban J connectivity index is 1.90. The van der Waals surface area contributed by atoms with Gasteiger partial charge in [0.05, 0.1) is 6.54 Å². The van der Waals surface area contributed by atoms with Gasteiger partial charge in [-0.15, -0.1) is 0 Å². The molecule has 5 nitrogen and oxygen atoms in total. The Morgan fingerprint density at radius 3 is 3.00 bits per heavy atom. The molecule has 1 saturated heterocycles. The van der Waals surface area contributed by atoms with Crippen LogP contribution in [0, 0.1) is 3.57 Å². The van der Waals surface area contributed by atoms with Crippen LogP contribution in [0.5, 0.6) is 0 Å². The van der Waals surface area contributed by atoms with Crippen LogP contribution in [-0.4, -0.2) is 61.5 Å². The molecule has 2 rings (SSSR count). The van der Waals surface area contributed by atoms with E-state index in [1.54, 1.807) is 0 Å². The van der Waals surface area contributed by atoms with Gasteiger partial charge in [-0.2, -0.15) is 0 Å². The molecule has 1 atom stereocenters. The Labute approximate surface area is 133 Å². The monoisotopic (exact) mass is 388 g/mol. The third-order valence-electron chi connectivity index (χ3n) is 3.53. The van der Waals surface area contributed by atoms with E-state index in [4.69, 9.17) is 5.73 Å². The van der Waals surface area contributed by atoms with E-state index >= 15 is 0 Å². The predicted octanol–water partition coefficient (Wildman–Crippen LogP) is 0.804. The quantitative estimate of drug-likeness (QED) is 0.750. The molecule has 1 aromatic carbocycles. The van der Waals surface area contributed by atoms with Crippen molar-refractivity contribution < 1.29 is 4.79 Å². The van der Waals surface area contributed by atoms with E-state index in [-0.39, 0.29) is 11.9 Å². The number of nitrogens with zero attached hydrogens (tertiary/aromatic N) is 2. The Morgan fingerprint density at radius 2 is 2.30 bits per heavy atom. The summed E-state index contributed by atoms with van der Waals surface area (Å²) in [5.74, 6) is 0.0232. The van der Waals surface area contributed by atoms with Crippen LogP contribution in [0.2, 0.25) is 0 Å². The van der Waals surface area contributed by atoms with Crippen LogP contribution in [0.4, 0.5) is 5.69 Å². The lowest BCUT2D eigenvalue weighted by Crippen LogP contribution is -2.56. The van der Waals surface area contributed by atoms with Crippen molar-refractivity contribution in [1.82, 2.24) is 9.80 Å². The predicted molar refractivity (Wildman–Crippen MR) is 89.7 cm³/mol. The molecule has 1 fully saturated rings. The first-order valence-corrected chi connectivity index (χ1v) is 7.84. The number of rotatable bonds is 4. The lowest BCUT2D eigenvalue weighted by molar-refractivity contribution is -0.118. The minimum absolute atomic E-state index is 0.0232. The summed E-state index contributed by atoms with van der Waals surface area (Å²) in [5.41, 5.74) is 6.65. The average molecular weight is 388 g/mol. The highest BCUT2D eigenvalue weighted by Gasteiger charge is 2.25. The summed E-state index contributed by atoms with van der Waals surface area (Å²) in [5, 5.41) is 2.95. The molecule has 6 heteroatoms. The molecule has 110 valence electrons. The van der Waals surface area contributed by atoms with Gasteiger partial charge >= 0.3 is 0 Å². The van der Waals surface area contributed by atoms with Crippen LogP contribution in [0.3, 0.4) is 0 Å². The van der Waals surface area contributed by atoms with Crippen LogP contribution in [0.1, 0.15) is 0 Å². The van der Waals surface area contributed by atoms with Crippen molar-refractivity contribution in [3.63, 3.8) is 0 Å². The van der Waals surface area contributed by atoms with Gasteiger partial charge in [0.2, 0.25) is 5.91 Å². The molecule has 0 aromatic heterocycles. The van der Waals surface area contributed by atoms with Crippen molar-refractivity contribution in [3.8, 4) is 0 Å². The third kappa shape index (κ3) is 4.41. The van der Waals surface area contributed by atoms with E-state index < -0.39 is 0 Å². The van der Waals surface area contributed by atoms with Crippen molar-refractivity contribution >= 4 is 34.2 Å². The third-order valence-corrected chi connectivity index (χ3v) is 4.21. The summed E-state index contributed by atoms with van der Waals surface area (Å²) in [7, 11) is 2.09. The summed E-state index contributed by atoms with van der Waals surface area (Å²) in [6, 6.07) is 8.07. The Hall–Kier alpha value is -0.700. The molecule has 1 unspecified atom stereocenters. The van der Waals surface area contributed by atoms with E-state index in [0.29, 0.717) is 13.1 Å². The molecule has 20 heavy (non-hydrogen) atoms. The number of piperazine rings is 1. The molecule has 0 bridgehead atoms. The smallest absolute Gasteiger partial charge is 0.238 e. The molecule has 0 radical (unpaired) electrons. The van der Waals surface area contributed by atoms with Gasteiger partial charge in [0.15, 0.2) is 0 Å². The van der Waals surface area contributed by atoms with Crippen LogP contribution < -0.4 is 11.1 Å². The van der Waals surface area contributed by atoms with Crippen molar-refractivity contribution in [3.05, 3.63) is 27.8 Å². The first-order valence-electron chi connectivity index (χ1n) is 6.76. The highest BCUT2D eigenvalue weighted by molar-refractivity contribution is 14.1. The molecule has 1 aromatic rings. The zero-order chi connectivity index (χ0) is 14.5. The van der Waals surface area contributed by atoms with Gasteiger partial charge in [-0.25, -0.2) is 0 Å². The molecular formula is C14H21IN4O. The lowest BCUT2D eigenvalue weighted by Gasteiger charge is -2.39. The van der Waals surface area contributed by atoms with Crippen LogP contribution in [0.25, 0.3) is 0 Å². The van der Waals surface area contributed by atoms with Crippen LogP contribution in [-0.2, 0) is 4.79 Å². The maximum Gasteiger partial charge on any atom is 0.238 e. The maximum atomic E-state index is 12.1. The number of hydrogen-bond acceptors (Lipinski definition) is 4. The largest absolute Gasteiger partial charge is 0.329 e. The lowest BCUT2D eigenvalue weighted by atomic mass is 10.1. The Bertz CT molecular complexity index is 468. The van der Waals surface area contributed by atoms with E-state index in [2.05, 4.69) is 44.8 Å². The summed E-state index contributed by atoms with van der Waals surface area (Å²) >= 11 is 2.24. The average Bonchev–Trinajstić information content (AvgIpc) is 2.40. The SMILES string of the molecule is CN1CCN(CC(=O)Nc2cccc(I)c2)C(CN)C1. The highest BCUT2D eigenvalue weighted by atomic mass is 127. The summed E-state index contributed by atoms with van der Waals surface area (Å²) in [6.45, 7) is 3.78. The van der Waals surface area contributed by atoms with E-state index in [0.717, 1.165) is 28.9 Å². The van der Waals surface area contributed by atoms with Crippen molar-refractivity contribution in [2.45, 2.75) is 6.04 Å². The Morgan fingerprint density at radius 1 is 1.50 bits per heavy atom. The number of amides is 1. The molecule has 1 aliphatic rings. The van der Waals surface area contributed by atoms with Crippen LogP contribution >= 0.6 is 22.6 Å². The zero-order valence-electron chi connectivity index (χ0n) is 11.7. The first-order chi connectivity index (χ1) is 9.58. The number of halogens is 1. The number of nitrogens with one attached hydrogen (secondary N) is 1. The summed E-state index contributed by atoms with van der Waals surface area (Å²) in [4.78, 5) is 16.6. The zero-order valence-corrected chi connectivity index (χ0v) is 13.8. The maximum absolute atomic E-state index is 12.1. The first kappa shape index (κ1) is 15.7. The van der Waals surface area contributed by atoms with Crippen LogP contribution in [0.15, 0.2) is 24.3 Å². The molecule has 1 amide bonds. The molecule has 1 heterocycles. The molecular weight excluding hydrogens is 367 g/mol. The van der Waals surface area contributed by atoms with Gasteiger partial charge in [0.25, 0.3) is 0 Å². The Kier molecular flexibility index (Phi) is 5.76. The molecule has 0 aliphatic carbocycles. The van der Waals surface area contributed by atoms with E-state index in [9.17, 15) is 4.79 Å². The van der Waals surface area contributed by atoms with Crippen molar-refractivity contribution in [2.24, 2.45) is 5.73 Å².